The molecule has 0 bridgehead atoms. The topological polar surface area (TPSA) is 127 Å². The van der Waals surface area contributed by atoms with Gasteiger partial charge >= 0.3 is 5.91 Å². The number of phenolic OH excluding ortho intramolecular Hbond substituents is 1. The highest BCUT2D eigenvalue weighted by Gasteiger charge is 2.26. The van der Waals surface area contributed by atoms with Crippen LogP contribution in [0.1, 0.15) is 35.3 Å². The summed E-state index contributed by atoms with van der Waals surface area (Å²) in [6.07, 6.45) is 2.64. The quantitative estimate of drug-likeness (QED) is 0.614. The van der Waals surface area contributed by atoms with E-state index < -0.39 is 11.3 Å². The van der Waals surface area contributed by atoms with E-state index in [1.54, 1.807) is 10.6 Å². The molecule has 1 aliphatic rings. The van der Waals surface area contributed by atoms with Gasteiger partial charge in [0.15, 0.2) is 16.9 Å². The van der Waals surface area contributed by atoms with Gasteiger partial charge in [0.2, 0.25) is 0 Å². The Labute approximate surface area is 153 Å². The van der Waals surface area contributed by atoms with Gasteiger partial charge in [-0.25, -0.2) is 0 Å². The molecule has 1 unspecified atom stereocenters. The number of carbonyl (C=O) groups excluding carboxylic acids is 1. The van der Waals surface area contributed by atoms with Crippen LogP contribution < -0.4 is 10.2 Å². The van der Waals surface area contributed by atoms with Crippen LogP contribution in [-0.2, 0) is 6.42 Å². The third-order valence-electron chi connectivity index (χ3n) is 4.61. The molecular formula is C18H17N3O6. The van der Waals surface area contributed by atoms with Crippen molar-refractivity contribution < 1.29 is 14.6 Å². The summed E-state index contributed by atoms with van der Waals surface area (Å²) >= 11 is 0. The third-order valence-corrected chi connectivity index (χ3v) is 4.61. The first kappa shape index (κ1) is 18.4. The van der Waals surface area contributed by atoms with Crippen LogP contribution in [0.25, 0.3) is 11.3 Å². The van der Waals surface area contributed by atoms with Crippen molar-refractivity contribution in [3.05, 3.63) is 55.6 Å². The largest absolute Gasteiger partial charge is 0.504 e. The third kappa shape index (κ3) is 3.35. The number of nitrogens with zero attached hydrogens (tertiary/aromatic N) is 3. The molecule has 0 saturated heterocycles. The fourth-order valence-corrected chi connectivity index (χ4v) is 3.30. The average Bonchev–Trinajstić information content (AvgIpc) is 2.67. The Balaban J connectivity index is 2.13. The molecule has 0 spiro atoms. The second-order valence-electron chi connectivity index (χ2n) is 6.18. The van der Waals surface area contributed by atoms with Gasteiger partial charge in [-0.1, -0.05) is 12.1 Å². The zero-order chi connectivity index (χ0) is 19.6. The Bertz CT molecular complexity index is 982. The van der Waals surface area contributed by atoms with Crippen LogP contribution in [0.2, 0.25) is 0 Å². The highest BCUT2D eigenvalue weighted by Crippen LogP contribution is 2.41. The SMILES string of the molecule is CCC1Cc2cc(OCCN=O)c(O)cc2-c2cc(=O)c(C(=O)N=O)cn21. The number of amides is 1. The van der Waals surface area contributed by atoms with Crippen LogP contribution in [0.5, 0.6) is 11.5 Å². The standard InChI is InChI=1S/C18H17N3O6/c1-2-11-5-10-6-17(27-4-3-19-25)16(23)7-12(10)14-8-15(22)13(9-21(11)14)18(24)20-26/h6-9,11,23H,2-5H2,1H3. The van der Waals surface area contributed by atoms with Crippen molar-refractivity contribution in [3.8, 4) is 22.8 Å². The predicted octanol–water partition coefficient (Wildman–Crippen LogP) is 2.78. The average molecular weight is 371 g/mol. The summed E-state index contributed by atoms with van der Waals surface area (Å²) in [5.74, 6) is -1.00. The summed E-state index contributed by atoms with van der Waals surface area (Å²) in [6.45, 7) is 1.98. The molecule has 0 radical (unpaired) electrons. The maximum Gasteiger partial charge on any atom is 0.322 e. The van der Waals surface area contributed by atoms with Crippen molar-refractivity contribution in [1.82, 2.24) is 4.57 Å². The lowest BCUT2D eigenvalue weighted by Crippen LogP contribution is -2.25. The molecular weight excluding hydrogens is 354 g/mol. The minimum absolute atomic E-state index is 0.0338. The van der Waals surface area contributed by atoms with Crippen LogP contribution in [0.4, 0.5) is 0 Å². The van der Waals surface area contributed by atoms with E-state index >= 15 is 0 Å². The van der Waals surface area contributed by atoms with Gasteiger partial charge in [0, 0.05) is 29.0 Å². The smallest absolute Gasteiger partial charge is 0.322 e. The first-order chi connectivity index (χ1) is 13.0. The molecule has 27 heavy (non-hydrogen) atoms. The number of pyridine rings is 1. The van der Waals surface area contributed by atoms with E-state index in [-0.39, 0.29) is 36.3 Å². The van der Waals surface area contributed by atoms with Gasteiger partial charge in [0.25, 0.3) is 0 Å². The Hall–Kier alpha value is -3.36. The molecule has 2 heterocycles. The molecule has 1 atom stereocenters. The minimum atomic E-state index is -1.11. The summed E-state index contributed by atoms with van der Waals surface area (Å²) < 4.78 is 7.15. The fraction of sp³-hybridized carbons (Fsp3) is 0.333. The predicted molar refractivity (Wildman–Crippen MR) is 97.1 cm³/mol. The lowest BCUT2D eigenvalue weighted by atomic mass is 9.90. The number of hydrogen-bond acceptors (Lipinski definition) is 7. The van der Waals surface area contributed by atoms with Gasteiger partial charge in [0.1, 0.15) is 18.7 Å². The van der Waals surface area contributed by atoms with E-state index in [4.69, 9.17) is 4.74 Å². The molecule has 1 aromatic heterocycles. The van der Waals surface area contributed by atoms with Crippen molar-refractivity contribution in [2.45, 2.75) is 25.8 Å². The van der Waals surface area contributed by atoms with E-state index in [9.17, 15) is 24.5 Å². The lowest BCUT2D eigenvalue weighted by Gasteiger charge is -2.30. The fourth-order valence-electron chi connectivity index (χ4n) is 3.30. The van der Waals surface area contributed by atoms with Gasteiger partial charge in [0.05, 0.1) is 5.69 Å². The first-order valence-corrected chi connectivity index (χ1v) is 8.42. The molecule has 0 fully saturated rings. The number of ether oxygens (including phenoxy) is 1. The number of nitroso groups, excluding NO2 is 2. The molecule has 140 valence electrons. The molecule has 9 heteroatoms. The summed E-state index contributed by atoms with van der Waals surface area (Å²) in [5, 5.41) is 15.3. The van der Waals surface area contributed by atoms with E-state index in [2.05, 4.69) is 10.4 Å². The van der Waals surface area contributed by atoms with Crippen LogP contribution >= 0.6 is 0 Å². The lowest BCUT2D eigenvalue weighted by molar-refractivity contribution is 0.0999. The van der Waals surface area contributed by atoms with Crippen molar-refractivity contribution in [2.75, 3.05) is 13.2 Å². The molecule has 3 rings (SSSR count). The van der Waals surface area contributed by atoms with Crippen LogP contribution in [-0.4, -0.2) is 28.7 Å². The van der Waals surface area contributed by atoms with E-state index in [1.807, 2.05) is 6.92 Å². The second kappa shape index (κ2) is 7.48. The van der Waals surface area contributed by atoms with Crippen molar-refractivity contribution >= 4 is 5.91 Å². The number of aromatic hydroxyl groups is 1. The number of aromatic nitrogens is 1. The normalized spacial score (nSPS) is 14.8. The first-order valence-electron chi connectivity index (χ1n) is 8.42. The number of benzene rings is 1. The Kier molecular flexibility index (Phi) is 5.11. The number of carbonyl (C=O) groups is 1. The summed E-state index contributed by atoms with van der Waals surface area (Å²) in [6, 6.07) is 4.38. The molecule has 1 N–H and O–H groups in total. The zero-order valence-corrected chi connectivity index (χ0v) is 14.5. The van der Waals surface area contributed by atoms with Crippen molar-refractivity contribution in [2.24, 2.45) is 10.4 Å². The summed E-state index contributed by atoms with van der Waals surface area (Å²) in [5.41, 5.74) is 1.15. The highest BCUT2D eigenvalue weighted by atomic mass is 16.5. The minimum Gasteiger partial charge on any atom is -0.504 e. The van der Waals surface area contributed by atoms with Gasteiger partial charge in [-0.05, 0) is 30.5 Å². The number of rotatable bonds is 6. The van der Waals surface area contributed by atoms with Crippen molar-refractivity contribution in [1.29, 1.82) is 0 Å². The Morgan fingerprint density at radius 2 is 2.11 bits per heavy atom. The maximum atomic E-state index is 12.3. The molecule has 1 aromatic carbocycles. The van der Waals surface area contributed by atoms with Gasteiger partial charge < -0.3 is 14.4 Å². The molecule has 1 aliphatic heterocycles. The molecule has 0 saturated carbocycles. The van der Waals surface area contributed by atoms with Gasteiger partial charge in [-0.15, -0.1) is 4.91 Å². The summed E-state index contributed by atoms with van der Waals surface area (Å²) in [4.78, 5) is 44.6. The molecule has 0 aliphatic carbocycles. The molecule has 1 amide bonds. The van der Waals surface area contributed by atoms with Crippen LogP contribution in [0.15, 0.2) is 39.5 Å². The number of hydrogen-bond donors (Lipinski definition) is 1. The van der Waals surface area contributed by atoms with Crippen LogP contribution in [0.3, 0.4) is 0 Å². The van der Waals surface area contributed by atoms with Crippen molar-refractivity contribution in [3.63, 3.8) is 0 Å². The second-order valence-corrected chi connectivity index (χ2v) is 6.18. The van der Waals surface area contributed by atoms with Crippen LogP contribution in [0, 0.1) is 9.81 Å². The van der Waals surface area contributed by atoms with E-state index in [1.165, 1.54) is 18.3 Å². The molecule has 9 nitrogen and oxygen atoms in total. The molecule has 2 aromatic rings. The van der Waals surface area contributed by atoms with Gasteiger partial charge in [-0.3, -0.25) is 9.59 Å². The van der Waals surface area contributed by atoms with E-state index in [0.29, 0.717) is 24.1 Å². The number of fused-ring (bicyclic) bond motifs is 3. The number of phenols is 1. The maximum absolute atomic E-state index is 12.3. The summed E-state index contributed by atoms with van der Waals surface area (Å²) in [7, 11) is 0. The zero-order valence-electron chi connectivity index (χ0n) is 14.5. The van der Waals surface area contributed by atoms with Gasteiger partial charge in [-0.2, -0.15) is 4.91 Å². The monoisotopic (exact) mass is 371 g/mol. The Morgan fingerprint density at radius 3 is 2.78 bits per heavy atom. The van der Waals surface area contributed by atoms with E-state index in [0.717, 1.165) is 5.56 Å². The highest BCUT2D eigenvalue weighted by molar-refractivity contribution is 5.94. The Morgan fingerprint density at radius 1 is 1.33 bits per heavy atom.